The first kappa shape index (κ1) is 18.9. The lowest BCUT2D eigenvalue weighted by Crippen LogP contribution is -2.38. The molecule has 9 nitrogen and oxygen atoms in total. The molecule has 0 saturated heterocycles. The van der Waals surface area contributed by atoms with Gasteiger partial charge in [-0.15, -0.1) is 11.3 Å². The molecule has 10 heteroatoms. The van der Waals surface area contributed by atoms with Crippen molar-refractivity contribution in [1.29, 1.82) is 5.26 Å². The van der Waals surface area contributed by atoms with Gasteiger partial charge in [0.25, 0.3) is 0 Å². The van der Waals surface area contributed by atoms with E-state index in [2.05, 4.69) is 10.3 Å². The molecule has 0 radical (unpaired) electrons. The van der Waals surface area contributed by atoms with Crippen molar-refractivity contribution in [2.24, 2.45) is 5.92 Å². The number of hydrogen-bond donors (Lipinski definition) is 1. The van der Waals surface area contributed by atoms with Crippen molar-refractivity contribution in [1.82, 2.24) is 10.3 Å². The minimum Gasteiger partial charge on any atom is -0.492 e. The lowest BCUT2D eigenvalue weighted by molar-refractivity contribution is -0.155. The second-order valence-electron chi connectivity index (χ2n) is 7.28. The minimum absolute atomic E-state index is 0.108. The van der Waals surface area contributed by atoms with E-state index in [1.54, 1.807) is 13.0 Å². The normalized spacial score (nSPS) is 14.8. The fourth-order valence-electron chi connectivity index (χ4n) is 2.68. The number of carbonyl (C=O) groups is 3. The Labute approximate surface area is 211 Å². The van der Waals surface area contributed by atoms with Gasteiger partial charge in [-0.1, -0.05) is 26.5 Å². The molecule has 182 valence electrons. The third kappa shape index (κ3) is 7.28. The molecule has 0 aliphatic heterocycles. The van der Waals surface area contributed by atoms with Crippen molar-refractivity contribution in [3.63, 3.8) is 0 Å². The summed E-state index contributed by atoms with van der Waals surface area (Å²) < 4.78 is 60.3. The molecule has 1 N–H and O–H groups in total. The number of thiazole rings is 1. The average molecular weight is 494 g/mol. The number of nitrogens with one attached hydrogen (secondary N) is 1. The van der Waals surface area contributed by atoms with Crippen LogP contribution in [0.3, 0.4) is 0 Å². The first-order valence-electron chi connectivity index (χ1n) is 13.2. The number of hydrogen-bond acceptors (Lipinski definition) is 9. The van der Waals surface area contributed by atoms with Crippen molar-refractivity contribution >= 4 is 29.2 Å². The van der Waals surface area contributed by atoms with Crippen LogP contribution in [0.4, 0.5) is 0 Å². The highest BCUT2D eigenvalue weighted by molar-refractivity contribution is 7.17. The fourth-order valence-corrected chi connectivity index (χ4v) is 3.63. The predicted molar refractivity (Wildman–Crippen MR) is 126 cm³/mol. The molecular formula is C24H29N3O6S. The van der Waals surface area contributed by atoms with Crippen molar-refractivity contribution in [3.8, 4) is 22.4 Å². The molecule has 1 unspecified atom stereocenters. The lowest BCUT2D eigenvalue weighted by atomic mass is 10.1. The fraction of sp³-hybridized carbons (Fsp3) is 0.458. The topological polar surface area (TPSA) is 128 Å². The van der Waals surface area contributed by atoms with Crippen LogP contribution < -0.4 is 10.1 Å². The second kappa shape index (κ2) is 12.7. The Balaban J connectivity index is 2.10. The van der Waals surface area contributed by atoms with Crippen molar-refractivity contribution in [3.05, 3.63) is 34.3 Å². The number of aryl methyl sites for hydroxylation is 1. The van der Waals surface area contributed by atoms with Crippen LogP contribution in [0.2, 0.25) is 0 Å². The van der Waals surface area contributed by atoms with Crippen LogP contribution >= 0.6 is 11.3 Å². The highest BCUT2D eigenvalue weighted by Gasteiger charge is 2.20. The van der Waals surface area contributed by atoms with Gasteiger partial charge in [-0.3, -0.25) is 4.79 Å². The number of nitrogens with zero attached hydrogens (tertiary/aromatic N) is 2. The molecule has 1 atom stereocenters. The van der Waals surface area contributed by atoms with Gasteiger partial charge in [0.2, 0.25) is 12.7 Å². The molecule has 1 amide bonds. The predicted octanol–water partition coefficient (Wildman–Crippen LogP) is 3.99. The van der Waals surface area contributed by atoms with E-state index in [4.69, 9.17) is 22.4 Å². The van der Waals surface area contributed by atoms with Crippen LogP contribution in [-0.2, 0) is 19.1 Å². The molecule has 0 fully saturated rings. The Kier molecular flexibility index (Phi) is 7.07. The van der Waals surface area contributed by atoms with Crippen molar-refractivity contribution in [2.45, 2.75) is 53.4 Å². The van der Waals surface area contributed by atoms with E-state index >= 15 is 0 Å². The van der Waals surface area contributed by atoms with E-state index in [1.165, 1.54) is 26.0 Å². The zero-order valence-corrected chi connectivity index (χ0v) is 19.8. The number of nitriles is 1. The molecule has 0 aliphatic carbocycles. The zero-order valence-electron chi connectivity index (χ0n) is 25.0. The molecule has 1 aromatic heterocycles. The highest BCUT2D eigenvalue weighted by Crippen LogP contribution is 2.32. The van der Waals surface area contributed by atoms with Crippen LogP contribution in [0, 0.1) is 24.2 Å². The maximum absolute atomic E-state index is 12.5. The number of amides is 1. The Hall–Kier alpha value is -3.45. The van der Waals surface area contributed by atoms with Gasteiger partial charge in [-0.05, 0) is 38.0 Å². The number of benzene rings is 1. The number of ether oxygens (including phenoxy) is 3. The molecule has 1 heterocycles. The Morgan fingerprint density at radius 3 is 2.65 bits per heavy atom. The molecule has 2 aromatic rings. The van der Waals surface area contributed by atoms with Gasteiger partial charge in [0.15, 0.2) is 0 Å². The summed E-state index contributed by atoms with van der Waals surface area (Å²) in [4.78, 5) is 39.8. The summed E-state index contributed by atoms with van der Waals surface area (Å²) in [6.07, 6.45) is -0.702. The van der Waals surface area contributed by atoms with Crippen LogP contribution in [0.25, 0.3) is 10.6 Å². The summed E-state index contributed by atoms with van der Waals surface area (Å²) >= 11 is 0.992. The Morgan fingerprint density at radius 1 is 1.26 bits per heavy atom. The summed E-state index contributed by atoms with van der Waals surface area (Å²) in [7, 11) is 0. The molecule has 0 bridgehead atoms. The summed E-state index contributed by atoms with van der Waals surface area (Å²) in [6, 6.07) is 5.64. The van der Waals surface area contributed by atoms with E-state index in [1.807, 2.05) is 6.07 Å². The standard InChI is InChI=1S/C24H29N3O6S/c1-6-17(7-2)12-31-20-9-8-18(10-19(20)11-25)22-27-14(3)21(34-22)24(30)33-13-32-23(29)15(4)26-16(5)28/h8-10,15,17H,6-7,12-13H2,1-5H3,(H,26,28)/i1D3,2D3. The molecular weight excluding hydrogens is 458 g/mol. The lowest BCUT2D eigenvalue weighted by Gasteiger charge is -2.14. The number of aromatic nitrogens is 1. The highest BCUT2D eigenvalue weighted by atomic mass is 32.1. The van der Waals surface area contributed by atoms with Gasteiger partial charge in [-0.2, -0.15) is 5.26 Å². The van der Waals surface area contributed by atoms with Gasteiger partial charge >= 0.3 is 11.9 Å². The van der Waals surface area contributed by atoms with E-state index in [0.29, 0.717) is 16.3 Å². The van der Waals surface area contributed by atoms with Gasteiger partial charge in [-0.25, -0.2) is 14.6 Å². The zero-order chi connectivity index (χ0) is 30.3. The molecule has 1 aromatic carbocycles. The van der Waals surface area contributed by atoms with Crippen molar-refractivity contribution < 1.29 is 36.8 Å². The molecule has 2 rings (SSSR count). The molecule has 34 heavy (non-hydrogen) atoms. The number of esters is 2. The van der Waals surface area contributed by atoms with E-state index in [-0.39, 0.29) is 35.6 Å². The van der Waals surface area contributed by atoms with E-state index in [0.717, 1.165) is 11.3 Å². The summed E-state index contributed by atoms with van der Waals surface area (Å²) in [5.74, 6) is -2.61. The van der Waals surface area contributed by atoms with Gasteiger partial charge in [0.05, 0.1) is 17.9 Å². The maximum Gasteiger partial charge on any atom is 0.353 e. The summed E-state index contributed by atoms with van der Waals surface area (Å²) in [5, 5.41) is 12.4. The summed E-state index contributed by atoms with van der Waals surface area (Å²) in [6.45, 7) is -1.29. The van der Waals surface area contributed by atoms with Gasteiger partial charge in [0, 0.05) is 20.7 Å². The van der Waals surface area contributed by atoms with Crippen LogP contribution in [0.15, 0.2) is 18.2 Å². The summed E-state index contributed by atoms with van der Waals surface area (Å²) in [5.41, 5.74) is 0.947. The van der Waals surface area contributed by atoms with Crippen LogP contribution in [0.1, 0.15) is 69.5 Å². The van der Waals surface area contributed by atoms with Gasteiger partial charge in [0.1, 0.15) is 27.7 Å². The second-order valence-corrected chi connectivity index (χ2v) is 8.28. The number of rotatable bonds is 11. The average Bonchev–Trinajstić information content (AvgIpc) is 3.21. The maximum atomic E-state index is 12.5. The SMILES string of the molecule is [2H]C([2H])([2H])CC(COc1ccc(-c2nc(C)c(C(=O)OCOC(=O)C(C)NC(C)=O)s2)cc1C#N)CC([2H])([2H])[2H]. The Morgan fingerprint density at radius 2 is 2.00 bits per heavy atom. The largest absolute Gasteiger partial charge is 0.492 e. The first-order chi connectivity index (χ1) is 18.5. The molecule has 0 saturated carbocycles. The molecule has 0 spiro atoms. The third-order valence-electron chi connectivity index (χ3n) is 4.55. The third-order valence-corrected chi connectivity index (χ3v) is 5.73. The van der Waals surface area contributed by atoms with Crippen molar-refractivity contribution in [2.75, 3.05) is 13.4 Å². The molecule has 0 aliphatic rings. The van der Waals surface area contributed by atoms with Gasteiger partial charge < -0.3 is 19.5 Å². The van der Waals surface area contributed by atoms with E-state index < -0.39 is 50.3 Å². The van der Waals surface area contributed by atoms with Crippen LogP contribution in [-0.4, -0.2) is 42.3 Å². The quantitative estimate of drug-likeness (QED) is 0.368. The monoisotopic (exact) mass is 493 g/mol. The smallest absolute Gasteiger partial charge is 0.353 e. The van der Waals surface area contributed by atoms with Crippen LogP contribution in [0.5, 0.6) is 5.75 Å². The first-order valence-corrected chi connectivity index (χ1v) is 11.1. The minimum atomic E-state index is -2.34. The Bertz CT molecular complexity index is 1260. The van der Waals surface area contributed by atoms with E-state index in [9.17, 15) is 19.6 Å². The number of carbonyl (C=O) groups excluding carboxylic acids is 3.